The van der Waals surface area contributed by atoms with Crippen molar-refractivity contribution in [1.29, 1.82) is 0 Å². The van der Waals surface area contributed by atoms with Crippen LogP contribution in [-0.2, 0) is 0 Å². The zero-order chi connectivity index (χ0) is 11.5. The van der Waals surface area contributed by atoms with E-state index in [0.717, 1.165) is 11.4 Å². The van der Waals surface area contributed by atoms with Gasteiger partial charge in [0.2, 0.25) is 0 Å². The summed E-state index contributed by atoms with van der Waals surface area (Å²) in [6.07, 6.45) is 0. The third kappa shape index (κ3) is 2.25. The van der Waals surface area contributed by atoms with E-state index in [4.69, 9.17) is 5.73 Å². The Balaban J connectivity index is 2.23. The highest BCUT2D eigenvalue weighted by molar-refractivity contribution is 5.73. The summed E-state index contributed by atoms with van der Waals surface area (Å²) in [6.45, 7) is 2.04. The average Bonchev–Trinajstić information content (AvgIpc) is 2.25. The molecule has 0 saturated heterocycles. The first kappa shape index (κ1) is 10.4. The summed E-state index contributed by atoms with van der Waals surface area (Å²) in [5.74, 6) is 0.173. The SMILES string of the molecule is Cc1ccc(Nc2ccc(O)cc2N)cc1. The molecule has 3 nitrogen and oxygen atoms in total. The standard InChI is InChI=1S/C13H14N2O/c1-9-2-4-10(5-3-9)15-13-7-6-11(16)8-12(13)14/h2-8,15-16H,14H2,1H3. The lowest BCUT2D eigenvalue weighted by Gasteiger charge is -2.09. The molecule has 0 bridgehead atoms. The summed E-state index contributed by atoms with van der Waals surface area (Å²) in [6, 6.07) is 12.9. The second kappa shape index (κ2) is 4.14. The number of phenols is 1. The maximum Gasteiger partial charge on any atom is 0.117 e. The molecule has 2 aromatic carbocycles. The number of anilines is 3. The second-order valence-corrected chi connectivity index (χ2v) is 3.76. The molecular formula is C13H14N2O. The molecule has 0 aliphatic rings. The molecule has 0 atom stereocenters. The van der Waals surface area contributed by atoms with Gasteiger partial charge in [-0.2, -0.15) is 0 Å². The van der Waals surface area contributed by atoms with Crippen LogP contribution in [0.5, 0.6) is 5.75 Å². The molecule has 2 aromatic rings. The monoisotopic (exact) mass is 214 g/mol. The van der Waals surface area contributed by atoms with Crippen LogP contribution in [0.1, 0.15) is 5.56 Å². The topological polar surface area (TPSA) is 58.3 Å². The van der Waals surface area contributed by atoms with E-state index in [2.05, 4.69) is 5.32 Å². The highest BCUT2D eigenvalue weighted by Gasteiger charge is 2.00. The van der Waals surface area contributed by atoms with Gasteiger partial charge in [-0.15, -0.1) is 0 Å². The number of hydrogen-bond acceptors (Lipinski definition) is 3. The van der Waals surface area contributed by atoms with Gasteiger partial charge in [-0.05, 0) is 31.2 Å². The first-order chi connectivity index (χ1) is 7.65. The van der Waals surface area contributed by atoms with Gasteiger partial charge in [-0.25, -0.2) is 0 Å². The van der Waals surface area contributed by atoms with Gasteiger partial charge in [0, 0.05) is 11.8 Å². The zero-order valence-corrected chi connectivity index (χ0v) is 9.07. The zero-order valence-electron chi connectivity index (χ0n) is 9.07. The molecule has 82 valence electrons. The van der Waals surface area contributed by atoms with E-state index < -0.39 is 0 Å². The third-order valence-corrected chi connectivity index (χ3v) is 2.37. The quantitative estimate of drug-likeness (QED) is 0.532. The van der Waals surface area contributed by atoms with Crippen LogP contribution in [0.3, 0.4) is 0 Å². The number of aromatic hydroxyl groups is 1. The smallest absolute Gasteiger partial charge is 0.117 e. The molecule has 0 radical (unpaired) electrons. The highest BCUT2D eigenvalue weighted by atomic mass is 16.3. The van der Waals surface area contributed by atoms with E-state index in [1.54, 1.807) is 12.1 Å². The van der Waals surface area contributed by atoms with Gasteiger partial charge in [0.15, 0.2) is 0 Å². The van der Waals surface area contributed by atoms with Crippen LogP contribution in [0.25, 0.3) is 0 Å². The molecule has 0 spiro atoms. The van der Waals surface area contributed by atoms with Crippen LogP contribution < -0.4 is 11.1 Å². The second-order valence-electron chi connectivity index (χ2n) is 3.76. The fraction of sp³-hybridized carbons (Fsp3) is 0.0769. The first-order valence-corrected chi connectivity index (χ1v) is 5.07. The molecule has 2 rings (SSSR count). The van der Waals surface area contributed by atoms with E-state index in [1.807, 2.05) is 31.2 Å². The molecule has 0 aliphatic heterocycles. The Labute approximate surface area is 94.5 Å². The van der Waals surface area contributed by atoms with E-state index >= 15 is 0 Å². The number of benzene rings is 2. The number of nitrogens with one attached hydrogen (secondary N) is 1. The van der Waals surface area contributed by atoms with Crippen molar-refractivity contribution in [2.75, 3.05) is 11.1 Å². The van der Waals surface area contributed by atoms with Gasteiger partial charge in [0.05, 0.1) is 11.4 Å². The first-order valence-electron chi connectivity index (χ1n) is 5.07. The van der Waals surface area contributed by atoms with Crippen molar-refractivity contribution in [3.63, 3.8) is 0 Å². The van der Waals surface area contributed by atoms with E-state index in [-0.39, 0.29) is 5.75 Å². The lowest BCUT2D eigenvalue weighted by atomic mass is 10.2. The summed E-state index contributed by atoms with van der Waals surface area (Å²) < 4.78 is 0. The third-order valence-electron chi connectivity index (χ3n) is 2.37. The lowest BCUT2D eigenvalue weighted by Crippen LogP contribution is -1.95. The summed E-state index contributed by atoms with van der Waals surface area (Å²) >= 11 is 0. The molecule has 0 unspecified atom stereocenters. The predicted molar refractivity (Wildman–Crippen MR) is 67.0 cm³/mol. The molecule has 0 aliphatic carbocycles. The summed E-state index contributed by atoms with van der Waals surface area (Å²) in [4.78, 5) is 0. The average molecular weight is 214 g/mol. The van der Waals surface area contributed by atoms with Gasteiger partial charge in [-0.1, -0.05) is 17.7 Å². The van der Waals surface area contributed by atoms with Crippen LogP contribution in [0.4, 0.5) is 17.1 Å². The minimum absolute atomic E-state index is 0.173. The summed E-state index contributed by atoms with van der Waals surface area (Å²) in [5.41, 5.74) is 9.29. The van der Waals surface area contributed by atoms with Gasteiger partial charge >= 0.3 is 0 Å². The van der Waals surface area contributed by atoms with Crippen LogP contribution in [0.2, 0.25) is 0 Å². The molecule has 4 N–H and O–H groups in total. The van der Waals surface area contributed by atoms with Crippen molar-refractivity contribution in [2.45, 2.75) is 6.92 Å². The Morgan fingerprint density at radius 1 is 1.06 bits per heavy atom. The van der Waals surface area contributed by atoms with Gasteiger partial charge < -0.3 is 16.2 Å². The Hall–Kier alpha value is -2.16. The van der Waals surface area contributed by atoms with Crippen molar-refractivity contribution in [3.8, 4) is 5.75 Å². The minimum atomic E-state index is 0.173. The van der Waals surface area contributed by atoms with Crippen molar-refractivity contribution in [3.05, 3.63) is 48.0 Å². The summed E-state index contributed by atoms with van der Waals surface area (Å²) in [7, 11) is 0. The molecule has 0 aromatic heterocycles. The summed E-state index contributed by atoms with van der Waals surface area (Å²) in [5, 5.41) is 12.4. The number of hydrogen-bond donors (Lipinski definition) is 3. The molecule has 0 fully saturated rings. The Morgan fingerprint density at radius 2 is 1.75 bits per heavy atom. The van der Waals surface area contributed by atoms with Crippen LogP contribution in [-0.4, -0.2) is 5.11 Å². The van der Waals surface area contributed by atoms with E-state index in [0.29, 0.717) is 5.69 Å². The number of phenolic OH excluding ortho intramolecular Hbond substituents is 1. The van der Waals surface area contributed by atoms with Gasteiger partial charge in [0.25, 0.3) is 0 Å². The number of aryl methyl sites for hydroxylation is 1. The fourth-order valence-corrected chi connectivity index (χ4v) is 1.46. The normalized spacial score (nSPS) is 10.1. The maximum atomic E-state index is 9.23. The van der Waals surface area contributed by atoms with Crippen molar-refractivity contribution in [1.82, 2.24) is 0 Å². The molecule has 0 saturated carbocycles. The van der Waals surface area contributed by atoms with E-state index in [1.165, 1.54) is 11.6 Å². The van der Waals surface area contributed by atoms with Crippen LogP contribution in [0.15, 0.2) is 42.5 Å². The van der Waals surface area contributed by atoms with Crippen LogP contribution >= 0.6 is 0 Å². The van der Waals surface area contributed by atoms with Gasteiger partial charge in [0.1, 0.15) is 5.75 Å². The molecule has 3 heteroatoms. The Bertz CT molecular complexity index is 492. The number of nitrogens with two attached hydrogens (primary N) is 1. The van der Waals surface area contributed by atoms with Crippen molar-refractivity contribution >= 4 is 17.1 Å². The molecular weight excluding hydrogens is 200 g/mol. The predicted octanol–water partition coefficient (Wildman–Crippen LogP) is 3.03. The number of rotatable bonds is 2. The minimum Gasteiger partial charge on any atom is -0.508 e. The van der Waals surface area contributed by atoms with Crippen LogP contribution in [0, 0.1) is 6.92 Å². The van der Waals surface area contributed by atoms with Gasteiger partial charge in [-0.3, -0.25) is 0 Å². The maximum absolute atomic E-state index is 9.23. The highest BCUT2D eigenvalue weighted by Crippen LogP contribution is 2.26. The number of nitrogen functional groups attached to an aromatic ring is 1. The lowest BCUT2D eigenvalue weighted by molar-refractivity contribution is 0.476. The molecule has 16 heavy (non-hydrogen) atoms. The molecule has 0 amide bonds. The van der Waals surface area contributed by atoms with Crippen molar-refractivity contribution in [2.24, 2.45) is 0 Å². The Morgan fingerprint density at radius 3 is 2.38 bits per heavy atom. The largest absolute Gasteiger partial charge is 0.508 e. The van der Waals surface area contributed by atoms with E-state index in [9.17, 15) is 5.11 Å². The van der Waals surface area contributed by atoms with Crippen molar-refractivity contribution < 1.29 is 5.11 Å². The molecule has 0 heterocycles. The Kier molecular flexibility index (Phi) is 2.68. The fourth-order valence-electron chi connectivity index (χ4n) is 1.46.